The molecule has 4 aromatic carbocycles. The van der Waals surface area contributed by atoms with Crippen LogP contribution >= 0.6 is 15.9 Å². The minimum absolute atomic E-state index is 0.117. The second-order valence-corrected chi connectivity index (χ2v) is 11.0. The highest BCUT2D eigenvalue weighted by atomic mass is 79.9. The Morgan fingerprint density at radius 2 is 1.74 bits per heavy atom. The third kappa shape index (κ3) is 5.31. The Bertz CT molecular complexity index is 2100. The summed E-state index contributed by atoms with van der Waals surface area (Å²) in [5, 5.41) is 7.78. The molecule has 2 aromatic heterocycles. The van der Waals surface area contributed by atoms with Crippen LogP contribution in [0, 0.1) is 0 Å². The number of hydrogen-bond acceptors (Lipinski definition) is 7. The molecule has 0 bridgehead atoms. The van der Waals surface area contributed by atoms with E-state index < -0.39 is 0 Å². The summed E-state index contributed by atoms with van der Waals surface area (Å²) in [5.41, 5.74) is 1.48. The summed E-state index contributed by atoms with van der Waals surface area (Å²) in [6, 6.07) is 26.2. The van der Waals surface area contributed by atoms with Gasteiger partial charge >= 0.3 is 0 Å². The molecule has 43 heavy (non-hydrogen) atoms. The summed E-state index contributed by atoms with van der Waals surface area (Å²) < 4.78 is 19.7. The Labute approximate surface area is 254 Å². The molecule has 9 nitrogen and oxygen atoms in total. The van der Waals surface area contributed by atoms with Crippen molar-refractivity contribution in [1.29, 1.82) is 0 Å². The molecule has 0 saturated carbocycles. The molecule has 7 rings (SSSR count). The van der Waals surface area contributed by atoms with Crippen LogP contribution in [0.4, 0.5) is 0 Å². The Hall–Kier alpha value is -4.80. The predicted molar refractivity (Wildman–Crippen MR) is 169 cm³/mol. The molecule has 6 aromatic rings. The lowest BCUT2D eigenvalue weighted by atomic mass is 10.0. The average Bonchev–Trinajstić information content (AvgIpc) is 3.47. The average molecular weight is 637 g/mol. The summed E-state index contributed by atoms with van der Waals surface area (Å²) in [6.07, 6.45) is 1.58. The maximum atomic E-state index is 13.8. The van der Waals surface area contributed by atoms with Gasteiger partial charge in [0, 0.05) is 28.5 Å². The molecular formula is C33H25BrN4O5. The number of rotatable bonds is 6. The van der Waals surface area contributed by atoms with Crippen LogP contribution in [0.5, 0.6) is 5.75 Å². The lowest BCUT2D eigenvalue weighted by Crippen LogP contribution is -2.43. The number of amides is 1. The van der Waals surface area contributed by atoms with Gasteiger partial charge in [0.05, 0.1) is 30.3 Å². The van der Waals surface area contributed by atoms with Crippen LogP contribution in [-0.2, 0) is 9.53 Å². The molecule has 214 valence electrons. The highest BCUT2D eigenvalue weighted by molar-refractivity contribution is 9.10. The van der Waals surface area contributed by atoms with Crippen molar-refractivity contribution in [1.82, 2.24) is 14.6 Å². The van der Waals surface area contributed by atoms with Crippen molar-refractivity contribution in [3.63, 3.8) is 0 Å². The maximum Gasteiger partial charge on any atom is 0.282 e. The summed E-state index contributed by atoms with van der Waals surface area (Å²) >= 11 is 3.50. The molecule has 0 radical (unpaired) electrons. The third-order valence-corrected chi connectivity index (χ3v) is 7.89. The van der Waals surface area contributed by atoms with Crippen molar-refractivity contribution in [3.05, 3.63) is 105 Å². The first-order valence-electron chi connectivity index (χ1n) is 13.8. The lowest BCUT2D eigenvalue weighted by Gasteiger charge is -2.26. The molecule has 10 heteroatoms. The summed E-state index contributed by atoms with van der Waals surface area (Å²) in [4.78, 5) is 33.2. The molecule has 1 aliphatic heterocycles. The van der Waals surface area contributed by atoms with E-state index in [9.17, 15) is 9.59 Å². The van der Waals surface area contributed by atoms with E-state index in [2.05, 4.69) is 21.0 Å². The fourth-order valence-electron chi connectivity index (χ4n) is 5.21. The first-order valence-corrected chi connectivity index (χ1v) is 14.6. The molecule has 0 aliphatic carbocycles. The molecular weight excluding hydrogens is 612 g/mol. The minimum Gasteiger partial charge on any atom is -0.483 e. The van der Waals surface area contributed by atoms with Crippen LogP contribution in [0.3, 0.4) is 0 Å². The van der Waals surface area contributed by atoms with Crippen molar-refractivity contribution in [2.24, 2.45) is 5.10 Å². The first-order chi connectivity index (χ1) is 21.0. The van der Waals surface area contributed by atoms with E-state index in [-0.39, 0.29) is 23.9 Å². The fraction of sp³-hybridized carbons (Fsp3) is 0.152. The highest BCUT2D eigenvalue weighted by Crippen LogP contribution is 2.30. The second kappa shape index (κ2) is 11.5. The number of hydrogen-bond donors (Lipinski definition) is 0. The molecule has 3 heterocycles. The van der Waals surface area contributed by atoms with Crippen molar-refractivity contribution < 1.29 is 18.7 Å². The minimum atomic E-state index is -0.344. The quantitative estimate of drug-likeness (QED) is 0.213. The van der Waals surface area contributed by atoms with Gasteiger partial charge < -0.3 is 18.8 Å². The van der Waals surface area contributed by atoms with Crippen LogP contribution in [-0.4, -0.2) is 59.6 Å². The maximum absolute atomic E-state index is 13.8. The van der Waals surface area contributed by atoms with Crippen molar-refractivity contribution in [2.75, 3.05) is 32.9 Å². The van der Waals surface area contributed by atoms with Gasteiger partial charge in [0.1, 0.15) is 11.3 Å². The van der Waals surface area contributed by atoms with Crippen LogP contribution < -0.4 is 10.3 Å². The summed E-state index contributed by atoms with van der Waals surface area (Å²) in [6.45, 7) is 1.97. The standard InChI is InChI=1S/C33H25BrN4O5/c34-23-10-12-28-22(17-23)18-30(43-28)32-36-27-8-4-3-7-25(27)33(40)38(32)35-19-26-24-6-2-1-5-21(24)9-11-29(26)42-20-31(39)37-13-15-41-16-14-37/h1-12,17-19H,13-16,20H2. The highest BCUT2D eigenvalue weighted by Gasteiger charge is 2.19. The van der Waals surface area contributed by atoms with Gasteiger partial charge in [-0.25, -0.2) is 4.98 Å². The number of aromatic nitrogens is 2. The molecule has 0 atom stereocenters. The van der Waals surface area contributed by atoms with E-state index in [4.69, 9.17) is 18.9 Å². The van der Waals surface area contributed by atoms with Crippen LogP contribution in [0.15, 0.2) is 104 Å². The first kappa shape index (κ1) is 27.1. The summed E-state index contributed by atoms with van der Waals surface area (Å²) in [5.74, 6) is 1.02. The number of carbonyl (C=O) groups is 1. The fourth-order valence-corrected chi connectivity index (χ4v) is 5.59. The number of para-hydroxylation sites is 1. The third-order valence-electron chi connectivity index (χ3n) is 7.40. The molecule has 1 amide bonds. The topological polar surface area (TPSA) is 99.2 Å². The van der Waals surface area contributed by atoms with E-state index in [0.29, 0.717) is 59.9 Å². The van der Waals surface area contributed by atoms with Crippen molar-refractivity contribution in [3.8, 4) is 17.3 Å². The number of morpholine rings is 1. The SMILES string of the molecule is O=C(COc1ccc2ccccc2c1C=Nn1c(-c2cc3cc(Br)ccc3o2)nc2ccccc2c1=O)N1CCOCC1. The lowest BCUT2D eigenvalue weighted by molar-refractivity contribution is -0.137. The van der Waals surface area contributed by atoms with Gasteiger partial charge in [0.15, 0.2) is 12.4 Å². The molecule has 0 N–H and O–H groups in total. The number of fused-ring (bicyclic) bond motifs is 3. The van der Waals surface area contributed by atoms with E-state index in [1.54, 1.807) is 29.3 Å². The van der Waals surface area contributed by atoms with E-state index >= 15 is 0 Å². The van der Waals surface area contributed by atoms with Crippen LogP contribution in [0.1, 0.15) is 5.56 Å². The van der Waals surface area contributed by atoms with Gasteiger partial charge in [0.2, 0.25) is 5.82 Å². The zero-order valence-corrected chi connectivity index (χ0v) is 24.5. The van der Waals surface area contributed by atoms with Gasteiger partial charge in [-0.3, -0.25) is 9.59 Å². The zero-order chi connectivity index (χ0) is 29.3. The predicted octanol–water partition coefficient (Wildman–Crippen LogP) is 5.85. The number of ether oxygens (including phenoxy) is 2. The molecule has 1 saturated heterocycles. The van der Waals surface area contributed by atoms with E-state index in [1.165, 1.54) is 4.68 Å². The smallest absolute Gasteiger partial charge is 0.282 e. The van der Waals surface area contributed by atoms with Gasteiger partial charge in [-0.05, 0) is 53.2 Å². The largest absolute Gasteiger partial charge is 0.483 e. The monoisotopic (exact) mass is 636 g/mol. The van der Waals surface area contributed by atoms with Gasteiger partial charge in [0.25, 0.3) is 11.5 Å². The van der Waals surface area contributed by atoms with Crippen molar-refractivity contribution in [2.45, 2.75) is 0 Å². The van der Waals surface area contributed by atoms with Gasteiger partial charge in [-0.15, -0.1) is 0 Å². The number of nitrogens with zero attached hydrogens (tertiary/aromatic N) is 4. The van der Waals surface area contributed by atoms with Gasteiger partial charge in [-0.1, -0.05) is 58.4 Å². The normalized spacial score (nSPS) is 13.8. The van der Waals surface area contributed by atoms with Crippen molar-refractivity contribution >= 4 is 60.7 Å². The Morgan fingerprint density at radius 3 is 2.60 bits per heavy atom. The Balaban J connectivity index is 1.33. The molecule has 0 unspecified atom stereocenters. The molecule has 1 fully saturated rings. The van der Waals surface area contributed by atoms with E-state index in [1.807, 2.05) is 66.7 Å². The Kier molecular flexibility index (Phi) is 7.22. The summed E-state index contributed by atoms with van der Waals surface area (Å²) in [7, 11) is 0. The van der Waals surface area contributed by atoms with Crippen LogP contribution in [0.25, 0.3) is 44.2 Å². The zero-order valence-electron chi connectivity index (χ0n) is 22.9. The second-order valence-electron chi connectivity index (χ2n) is 10.1. The number of furan rings is 1. The Morgan fingerprint density at radius 1 is 0.953 bits per heavy atom. The number of carbonyl (C=O) groups excluding carboxylic acids is 1. The number of halogens is 1. The number of benzene rings is 4. The van der Waals surface area contributed by atoms with Gasteiger partial charge in [-0.2, -0.15) is 9.78 Å². The van der Waals surface area contributed by atoms with Crippen LogP contribution in [0.2, 0.25) is 0 Å². The molecule has 0 spiro atoms. The molecule has 1 aliphatic rings. The van der Waals surface area contributed by atoms with E-state index in [0.717, 1.165) is 20.6 Å².